The maximum atomic E-state index is 10.8. The van der Waals surface area contributed by atoms with E-state index in [0.29, 0.717) is 17.9 Å². The molecule has 2 aromatic rings. The Labute approximate surface area is 150 Å². The zero-order valence-corrected chi connectivity index (χ0v) is 15.0. The van der Waals surface area contributed by atoms with Crippen LogP contribution in [0.2, 0.25) is 0 Å². The van der Waals surface area contributed by atoms with E-state index in [0.717, 1.165) is 45.3 Å². The summed E-state index contributed by atoms with van der Waals surface area (Å²) in [7, 11) is 0. The molecule has 0 amide bonds. The number of likely N-dealkylation sites (tertiary alicyclic amines) is 1. The zero-order valence-electron chi connectivity index (χ0n) is 15.0. The molecule has 0 radical (unpaired) electrons. The molecule has 2 fully saturated rings. The molecule has 2 aromatic carbocycles. The highest BCUT2D eigenvalue weighted by Crippen LogP contribution is 2.39. The summed E-state index contributed by atoms with van der Waals surface area (Å²) < 4.78 is 0. The lowest BCUT2D eigenvalue weighted by molar-refractivity contribution is 0.0479. The summed E-state index contributed by atoms with van der Waals surface area (Å²) in [5.74, 6) is 0.739. The highest BCUT2D eigenvalue weighted by Gasteiger charge is 2.34. The number of fused-ring (bicyclic) bond motifs is 1. The van der Waals surface area contributed by atoms with E-state index in [9.17, 15) is 5.11 Å². The molecule has 0 aromatic heterocycles. The van der Waals surface area contributed by atoms with Crippen molar-refractivity contribution in [1.29, 1.82) is 0 Å². The monoisotopic (exact) mass is 338 g/mol. The summed E-state index contributed by atoms with van der Waals surface area (Å²) in [6.07, 6.45) is 5.40. The van der Waals surface area contributed by atoms with Crippen molar-refractivity contribution in [3.05, 3.63) is 48.0 Å². The second-order valence-corrected chi connectivity index (χ2v) is 8.00. The first-order valence-corrected chi connectivity index (χ1v) is 9.86. The average Bonchev–Trinajstić information content (AvgIpc) is 3.05. The van der Waals surface area contributed by atoms with Crippen molar-refractivity contribution in [2.75, 3.05) is 19.6 Å². The van der Waals surface area contributed by atoms with Gasteiger partial charge in [0, 0.05) is 25.0 Å². The van der Waals surface area contributed by atoms with E-state index in [-0.39, 0.29) is 6.10 Å². The summed E-state index contributed by atoms with van der Waals surface area (Å²) in [5.41, 5.74) is 7.55. The lowest BCUT2D eigenvalue weighted by Crippen LogP contribution is -2.37. The van der Waals surface area contributed by atoms with Crippen LogP contribution in [0, 0.1) is 5.92 Å². The van der Waals surface area contributed by atoms with E-state index < -0.39 is 0 Å². The van der Waals surface area contributed by atoms with Gasteiger partial charge in [-0.05, 0) is 48.1 Å². The van der Waals surface area contributed by atoms with Crippen LogP contribution in [0.25, 0.3) is 10.8 Å². The molecule has 1 heterocycles. The van der Waals surface area contributed by atoms with Gasteiger partial charge in [0.05, 0.1) is 6.10 Å². The normalized spacial score (nSPS) is 29.1. The van der Waals surface area contributed by atoms with Crippen LogP contribution in [0.15, 0.2) is 42.5 Å². The summed E-state index contributed by atoms with van der Waals surface area (Å²) in [4.78, 5) is 2.51. The van der Waals surface area contributed by atoms with Crippen LogP contribution in [-0.2, 0) is 0 Å². The Hall–Kier alpha value is -1.42. The highest BCUT2D eigenvalue weighted by atomic mass is 16.3. The van der Waals surface area contributed by atoms with Gasteiger partial charge in [-0.1, -0.05) is 55.3 Å². The Bertz CT molecular complexity index is 711. The second kappa shape index (κ2) is 7.45. The molecule has 4 rings (SSSR count). The molecule has 134 valence electrons. The van der Waals surface area contributed by atoms with Crippen LogP contribution < -0.4 is 5.73 Å². The van der Waals surface area contributed by atoms with Crippen molar-refractivity contribution in [2.45, 2.75) is 50.2 Å². The number of nitrogens with zero attached hydrogens (tertiary/aromatic N) is 1. The van der Waals surface area contributed by atoms with E-state index in [1.807, 2.05) is 0 Å². The molecule has 3 nitrogen and oxygen atoms in total. The number of benzene rings is 2. The van der Waals surface area contributed by atoms with Gasteiger partial charge < -0.3 is 15.7 Å². The SMILES string of the molecule is N[C@@H]1CCN(CC(c2cccc3ccccc23)C2CCCCC2O)C1. The number of aliphatic hydroxyl groups is 1. The average molecular weight is 338 g/mol. The molecule has 3 N–H and O–H groups in total. The molecule has 1 saturated carbocycles. The zero-order chi connectivity index (χ0) is 17.2. The molecule has 4 atom stereocenters. The minimum absolute atomic E-state index is 0.172. The number of rotatable bonds is 4. The summed E-state index contributed by atoms with van der Waals surface area (Å²) in [6, 6.07) is 15.6. The van der Waals surface area contributed by atoms with Crippen molar-refractivity contribution in [2.24, 2.45) is 11.7 Å². The van der Waals surface area contributed by atoms with Crippen LogP contribution in [0.5, 0.6) is 0 Å². The van der Waals surface area contributed by atoms with Crippen LogP contribution in [0.4, 0.5) is 0 Å². The second-order valence-electron chi connectivity index (χ2n) is 8.00. The minimum atomic E-state index is -0.172. The third kappa shape index (κ3) is 3.59. The smallest absolute Gasteiger partial charge is 0.0574 e. The van der Waals surface area contributed by atoms with Crippen molar-refractivity contribution in [3.63, 3.8) is 0 Å². The Morgan fingerprint density at radius 3 is 2.64 bits per heavy atom. The summed E-state index contributed by atoms with van der Waals surface area (Å²) >= 11 is 0. The third-order valence-electron chi connectivity index (χ3n) is 6.28. The fourth-order valence-electron chi connectivity index (χ4n) is 4.95. The quantitative estimate of drug-likeness (QED) is 0.897. The first-order chi connectivity index (χ1) is 12.2. The Morgan fingerprint density at radius 1 is 1.04 bits per heavy atom. The molecule has 0 spiro atoms. The predicted octanol–water partition coefficient (Wildman–Crippen LogP) is 3.51. The molecule has 3 heteroatoms. The van der Waals surface area contributed by atoms with Crippen molar-refractivity contribution < 1.29 is 5.11 Å². The van der Waals surface area contributed by atoms with Crippen molar-refractivity contribution in [3.8, 4) is 0 Å². The minimum Gasteiger partial charge on any atom is -0.393 e. The van der Waals surface area contributed by atoms with E-state index in [1.165, 1.54) is 22.8 Å². The fourth-order valence-corrected chi connectivity index (χ4v) is 4.95. The number of nitrogens with two attached hydrogens (primary N) is 1. The van der Waals surface area contributed by atoms with Crippen molar-refractivity contribution in [1.82, 2.24) is 4.90 Å². The van der Waals surface area contributed by atoms with Gasteiger partial charge in [0.25, 0.3) is 0 Å². The molecule has 0 bridgehead atoms. The van der Waals surface area contributed by atoms with Gasteiger partial charge in [0.1, 0.15) is 0 Å². The summed E-state index contributed by atoms with van der Waals surface area (Å²) in [6.45, 7) is 3.10. The van der Waals surface area contributed by atoms with E-state index in [1.54, 1.807) is 0 Å². The summed E-state index contributed by atoms with van der Waals surface area (Å²) in [5, 5.41) is 13.4. The number of hydrogen-bond acceptors (Lipinski definition) is 3. The lowest BCUT2D eigenvalue weighted by atomic mass is 9.74. The first-order valence-electron chi connectivity index (χ1n) is 9.86. The van der Waals surface area contributed by atoms with Gasteiger partial charge in [-0.3, -0.25) is 0 Å². The van der Waals surface area contributed by atoms with Crippen LogP contribution >= 0.6 is 0 Å². The third-order valence-corrected chi connectivity index (χ3v) is 6.28. The van der Waals surface area contributed by atoms with E-state index >= 15 is 0 Å². The molecule has 3 unspecified atom stereocenters. The van der Waals surface area contributed by atoms with Gasteiger partial charge in [0.15, 0.2) is 0 Å². The Balaban J connectivity index is 1.70. The van der Waals surface area contributed by atoms with Gasteiger partial charge >= 0.3 is 0 Å². The maximum Gasteiger partial charge on any atom is 0.0574 e. The molecular formula is C22H30N2O. The molecular weight excluding hydrogens is 308 g/mol. The van der Waals surface area contributed by atoms with Gasteiger partial charge in [-0.15, -0.1) is 0 Å². The van der Waals surface area contributed by atoms with Crippen molar-refractivity contribution >= 4 is 10.8 Å². The van der Waals surface area contributed by atoms with Crippen LogP contribution in [-0.4, -0.2) is 41.8 Å². The maximum absolute atomic E-state index is 10.8. The highest BCUT2D eigenvalue weighted by molar-refractivity contribution is 5.86. The Morgan fingerprint density at radius 2 is 1.84 bits per heavy atom. The molecule has 25 heavy (non-hydrogen) atoms. The Kier molecular flexibility index (Phi) is 5.07. The predicted molar refractivity (Wildman–Crippen MR) is 104 cm³/mol. The molecule has 1 aliphatic carbocycles. The van der Waals surface area contributed by atoms with Gasteiger partial charge in [0.2, 0.25) is 0 Å². The molecule has 2 aliphatic rings. The number of aliphatic hydroxyl groups excluding tert-OH is 1. The lowest BCUT2D eigenvalue weighted by Gasteiger charge is -2.37. The standard InChI is InChI=1S/C22H30N2O/c23-17-12-13-24(14-17)15-21(20-9-3-4-11-22(20)25)19-10-5-7-16-6-1-2-8-18(16)19/h1-2,5-8,10,17,20-22,25H,3-4,9,11-15,23H2/t17-,20?,21?,22?/m1/s1. The van der Waals surface area contributed by atoms with Crippen LogP contribution in [0.1, 0.15) is 43.6 Å². The molecule has 1 aliphatic heterocycles. The van der Waals surface area contributed by atoms with E-state index in [2.05, 4.69) is 47.4 Å². The van der Waals surface area contributed by atoms with Gasteiger partial charge in [-0.25, -0.2) is 0 Å². The molecule has 1 saturated heterocycles. The topological polar surface area (TPSA) is 49.5 Å². The fraction of sp³-hybridized carbons (Fsp3) is 0.545. The van der Waals surface area contributed by atoms with Crippen LogP contribution in [0.3, 0.4) is 0 Å². The number of hydrogen-bond donors (Lipinski definition) is 2. The van der Waals surface area contributed by atoms with E-state index in [4.69, 9.17) is 5.73 Å². The first kappa shape index (κ1) is 17.0. The largest absolute Gasteiger partial charge is 0.393 e. The van der Waals surface area contributed by atoms with Gasteiger partial charge in [-0.2, -0.15) is 0 Å².